The second-order valence-electron chi connectivity index (χ2n) is 6.62. The molecule has 0 aliphatic carbocycles. The van der Waals surface area contributed by atoms with Crippen LogP contribution in [-0.2, 0) is 4.79 Å². The Hall–Kier alpha value is -2.94. The van der Waals surface area contributed by atoms with E-state index < -0.39 is 5.82 Å². The summed E-state index contributed by atoms with van der Waals surface area (Å²) in [6.45, 7) is 0. The Morgan fingerprint density at radius 1 is 1.25 bits per heavy atom. The number of methoxy groups -OCH3 is 1. The molecule has 9 heteroatoms. The van der Waals surface area contributed by atoms with Gasteiger partial charge in [-0.05, 0) is 60.0 Å². The molecule has 0 saturated carbocycles. The number of Topliss-reactive ketones (excluding diaryl/α,β-unsaturated/α-hetero) is 1. The van der Waals surface area contributed by atoms with E-state index in [4.69, 9.17) is 16.3 Å². The molecule has 2 aromatic carbocycles. The van der Waals surface area contributed by atoms with Gasteiger partial charge >= 0.3 is 0 Å². The van der Waals surface area contributed by atoms with E-state index in [0.717, 1.165) is 16.6 Å². The van der Waals surface area contributed by atoms with Gasteiger partial charge in [-0.3, -0.25) is 14.5 Å². The Kier molecular flexibility index (Phi) is 6.74. The number of thiophene rings is 1. The van der Waals surface area contributed by atoms with Gasteiger partial charge < -0.3 is 4.74 Å². The first kappa shape index (κ1) is 22.3. The zero-order valence-corrected chi connectivity index (χ0v) is 19.1. The fraction of sp³-hybridized carbons (Fsp3) is 0.0870. The number of benzene rings is 2. The molecule has 0 atom stereocenters. The van der Waals surface area contributed by atoms with Crippen molar-refractivity contribution in [2.45, 2.75) is 0 Å². The summed E-state index contributed by atoms with van der Waals surface area (Å²) in [4.78, 5) is 32.6. The van der Waals surface area contributed by atoms with Crippen LogP contribution in [0, 0.1) is 5.82 Å². The molecule has 0 radical (unpaired) electrons. The lowest BCUT2D eigenvalue weighted by Gasteiger charge is -2.18. The SMILES string of the molecule is COc1ccc(N2C(=O)/C(=C\c3cccs3)N=C2SCC(=O)c2ccc(F)cc2)cc1Cl. The number of carbonyl (C=O) groups is 2. The number of ketones is 1. The van der Waals surface area contributed by atoms with Gasteiger partial charge in [-0.2, -0.15) is 0 Å². The standard InChI is InChI=1S/C23H16ClFN2O3S2/c1-30-21-9-8-16(11-18(21)24)27-22(29)19(12-17-3-2-10-31-17)26-23(27)32-13-20(28)14-4-6-15(25)7-5-14/h2-12H,13H2,1H3/b19-12+. The quantitative estimate of drug-likeness (QED) is 0.321. The molecule has 0 spiro atoms. The lowest BCUT2D eigenvalue weighted by molar-refractivity contribution is -0.113. The van der Waals surface area contributed by atoms with Gasteiger partial charge in [0.05, 0.1) is 23.6 Å². The van der Waals surface area contributed by atoms with E-state index in [0.29, 0.717) is 27.2 Å². The van der Waals surface area contributed by atoms with Crippen molar-refractivity contribution in [2.75, 3.05) is 17.8 Å². The van der Waals surface area contributed by atoms with Crippen LogP contribution in [0.3, 0.4) is 0 Å². The van der Waals surface area contributed by atoms with Gasteiger partial charge in [0.2, 0.25) is 0 Å². The average Bonchev–Trinajstić information content (AvgIpc) is 3.41. The minimum absolute atomic E-state index is 0.0322. The number of amidine groups is 1. The lowest BCUT2D eigenvalue weighted by atomic mass is 10.1. The number of nitrogens with zero attached hydrogens (tertiary/aromatic N) is 2. The molecular formula is C23H16ClFN2O3S2. The van der Waals surface area contributed by atoms with E-state index >= 15 is 0 Å². The zero-order valence-electron chi connectivity index (χ0n) is 16.7. The van der Waals surface area contributed by atoms with Crippen LogP contribution in [-0.4, -0.2) is 29.7 Å². The van der Waals surface area contributed by atoms with Gasteiger partial charge in [0.1, 0.15) is 17.3 Å². The molecule has 1 aliphatic rings. The first-order valence-corrected chi connectivity index (χ1v) is 11.6. The molecular weight excluding hydrogens is 471 g/mol. The van der Waals surface area contributed by atoms with Gasteiger partial charge in [-0.25, -0.2) is 9.38 Å². The first-order valence-electron chi connectivity index (χ1n) is 9.39. The van der Waals surface area contributed by atoms with Crippen LogP contribution < -0.4 is 9.64 Å². The topological polar surface area (TPSA) is 59.0 Å². The van der Waals surface area contributed by atoms with Crippen molar-refractivity contribution < 1.29 is 18.7 Å². The molecule has 32 heavy (non-hydrogen) atoms. The van der Waals surface area contributed by atoms with E-state index in [9.17, 15) is 14.0 Å². The second kappa shape index (κ2) is 9.68. The average molecular weight is 487 g/mol. The number of hydrogen-bond donors (Lipinski definition) is 0. The van der Waals surface area contributed by atoms with Crippen molar-refractivity contribution in [3.63, 3.8) is 0 Å². The summed E-state index contributed by atoms with van der Waals surface area (Å²) < 4.78 is 18.3. The third kappa shape index (κ3) is 4.77. The molecule has 0 fully saturated rings. The van der Waals surface area contributed by atoms with Gasteiger partial charge in [-0.15, -0.1) is 11.3 Å². The summed E-state index contributed by atoms with van der Waals surface area (Å²) in [7, 11) is 1.51. The van der Waals surface area contributed by atoms with E-state index in [2.05, 4.69) is 4.99 Å². The Morgan fingerprint density at radius 2 is 2.03 bits per heavy atom. The van der Waals surface area contributed by atoms with Crippen LogP contribution in [0.4, 0.5) is 10.1 Å². The molecule has 0 saturated heterocycles. The molecule has 2 heterocycles. The first-order chi connectivity index (χ1) is 15.5. The highest BCUT2D eigenvalue weighted by Gasteiger charge is 2.33. The van der Waals surface area contributed by atoms with Gasteiger partial charge in [-0.1, -0.05) is 29.4 Å². The molecule has 5 nitrogen and oxygen atoms in total. The number of anilines is 1. The third-order valence-electron chi connectivity index (χ3n) is 4.54. The normalized spacial score (nSPS) is 14.7. The van der Waals surface area contributed by atoms with Crippen molar-refractivity contribution in [1.82, 2.24) is 0 Å². The number of rotatable bonds is 6. The maximum atomic E-state index is 13.2. The number of thioether (sulfide) groups is 1. The van der Waals surface area contributed by atoms with Crippen molar-refractivity contribution in [3.05, 3.63) is 87.0 Å². The van der Waals surface area contributed by atoms with Crippen LogP contribution in [0.25, 0.3) is 6.08 Å². The Morgan fingerprint density at radius 3 is 2.69 bits per heavy atom. The molecule has 1 aromatic heterocycles. The van der Waals surface area contributed by atoms with Gasteiger partial charge in [0, 0.05) is 10.4 Å². The third-order valence-corrected chi connectivity index (χ3v) is 6.60. The van der Waals surface area contributed by atoms with Crippen LogP contribution >= 0.6 is 34.7 Å². The summed E-state index contributed by atoms with van der Waals surface area (Å²) in [5, 5.41) is 2.61. The number of halogens is 2. The summed E-state index contributed by atoms with van der Waals surface area (Å²) in [5.41, 5.74) is 1.16. The van der Waals surface area contributed by atoms with Crippen LogP contribution in [0.5, 0.6) is 5.75 Å². The predicted molar refractivity (Wildman–Crippen MR) is 128 cm³/mol. The number of amides is 1. The van der Waals surface area contributed by atoms with Crippen molar-refractivity contribution in [2.24, 2.45) is 4.99 Å². The fourth-order valence-corrected chi connectivity index (χ4v) is 4.78. The minimum atomic E-state index is -0.411. The van der Waals surface area contributed by atoms with Crippen molar-refractivity contribution in [3.8, 4) is 5.75 Å². The van der Waals surface area contributed by atoms with E-state index in [1.165, 1.54) is 47.6 Å². The summed E-state index contributed by atoms with van der Waals surface area (Å²) in [5.74, 6) is -0.422. The smallest absolute Gasteiger partial charge is 0.283 e. The van der Waals surface area contributed by atoms with Crippen molar-refractivity contribution in [1.29, 1.82) is 0 Å². The molecule has 162 valence electrons. The minimum Gasteiger partial charge on any atom is -0.495 e. The monoisotopic (exact) mass is 486 g/mol. The molecule has 4 rings (SSSR count). The van der Waals surface area contributed by atoms with Gasteiger partial charge in [0.15, 0.2) is 11.0 Å². The Balaban J connectivity index is 1.63. The van der Waals surface area contributed by atoms with E-state index in [-0.39, 0.29) is 23.1 Å². The molecule has 0 unspecified atom stereocenters. The Bertz CT molecular complexity index is 1220. The number of hydrogen-bond acceptors (Lipinski definition) is 6. The lowest BCUT2D eigenvalue weighted by Crippen LogP contribution is -2.30. The maximum Gasteiger partial charge on any atom is 0.283 e. The number of aliphatic imine (C=N–C) groups is 1. The number of carbonyl (C=O) groups excluding carboxylic acids is 2. The zero-order chi connectivity index (χ0) is 22.7. The largest absolute Gasteiger partial charge is 0.495 e. The highest BCUT2D eigenvalue weighted by molar-refractivity contribution is 8.14. The summed E-state index contributed by atoms with van der Waals surface area (Å²) in [6, 6.07) is 14.1. The van der Waals surface area contributed by atoms with Crippen LogP contribution in [0.15, 0.2) is 70.7 Å². The molecule has 3 aromatic rings. The molecule has 0 N–H and O–H groups in total. The second-order valence-corrected chi connectivity index (χ2v) is 8.95. The highest BCUT2D eigenvalue weighted by atomic mass is 35.5. The van der Waals surface area contributed by atoms with Gasteiger partial charge in [0.25, 0.3) is 5.91 Å². The molecule has 1 amide bonds. The fourth-order valence-electron chi connectivity index (χ4n) is 2.97. The Labute approximate surface area is 197 Å². The highest BCUT2D eigenvalue weighted by Crippen LogP contribution is 2.34. The predicted octanol–water partition coefficient (Wildman–Crippen LogP) is 5.91. The van der Waals surface area contributed by atoms with E-state index in [1.807, 2.05) is 17.5 Å². The molecule has 0 bridgehead atoms. The molecule has 1 aliphatic heterocycles. The van der Waals surface area contributed by atoms with Crippen LogP contribution in [0.1, 0.15) is 15.2 Å². The van der Waals surface area contributed by atoms with Crippen LogP contribution in [0.2, 0.25) is 5.02 Å². The summed E-state index contributed by atoms with van der Waals surface area (Å²) in [6.07, 6.45) is 1.71. The van der Waals surface area contributed by atoms with E-state index in [1.54, 1.807) is 24.3 Å². The van der Waals surface area contributed by atoms with Crippen molar-refractivity contribution >= 4 is 63.3 Å². The number of ether oxygens (including phenoxy) is 1. The summed E-state index contributed by atoms with van der Waals surface area (Å²) >= 11 is 8.89. The maximum absolute atomic E-state index is 13.2.